The fourth-order valence-electron chi connectivity index (χ4n) is 2.24. The predicted octanol–water partition coefficient (Wildman–Crippen LogP) is 2.17. The number of aryl methyl sites for hydroxylation is 1. The predicted molar refractivity (Wildman–Crippen MR) is 84.7 cm³/mol. The van der Waals surface area contributed by atoms with Gasteiger partial charge in [-0.05, 0) is 45.6 Å². The molecule has 1 aliphatic rings. The fourth-order valence-corrected chi connectivity index (χ4v) is 2.89. The average molecular weight is 294 g/mol. The molecule has 1 heterocycles. The first-order valence-electron chi connectivity index (χ1n) is 6.87. The molecule has 0 N–H and O–H groups in total. The maximum Gasteiger partial charge on any atom is 0.495 e. The third-order valence-corrected chi connectivity index (χ3v) is 4.96. The van der Waals surface area contributed by atoms with Crippen LogP contribution >= 0.6 is 0 Å². The van der Waals surface area contributed by atoms with Crippen molar-refractivity contribution in [2.45, 2.75) is 51.6 Å². The highest BCUT2D eigenvalue weighted by atomic mass is 32.2. The molecule has 1 aromatic rings. The van der Waals surface area contributed by atoms with Crippen molar-refractivity contribution in [3.8, 4) is 0 Å². The minimum atomic E-state index is -0.845. The summed E-state index contributed by atoms with van der Waals surface area (Å²) in [7, 11) is -1.20. The number of benzene rings is 1. The zero-order chi connectivity index (χ0) is 15.1. The molecule has 0 radical (unpaired) electrons. The lowest BCUT2D eigenvalue weighted by Crippen LogP contribution is -2.41. The lowest BCUT2D eigenvalue weighted by molar-refractivity contribution is 0.00578. The van der Waals surface area contributed by atoms with E-state index in [0.29, 0.717) is 5.75 Å². The second kappa shape index (κ2) is 5.28. The van der Waals surface area contributed by atoms with Crippen molar-refractivity contribution in [1.82, 2.24) is 0 Å². The van der Waals surface area contributed by atoms with E-state index in [0.717, 1.165) is 16.6 Å². The van der Waals surface area contributed by atoms with E-state index < -0.39 is 10.8 Å². The Bertz CT molecular complexity index is 524. The summed E-state index contributed by atoms with van der Waals surface area (Å²) in [6.07, 6.45) is 1.72. The largest absolute Gasteiger partial charge is 0.495 e. The molecule has 1 aromatic carbocycles. The van der Waals surface area contributed by atoms with Crippen molar-refractivity contribution in [3.63, 3.8) is 0 Å². The smallest absolute Gasteiger partial charge is 0.399 e. The molecule has 1 atom stereocenters. The average Bonchev–Trinajstić information content (AvgIpc) is 2.50. The van der Waals surface area contributed by atoms with E-state index in [4.69, 9.17) is 9.31 Å². The molecule has 0 spiro atoms. The first kappa shape index (κ1) is 15.7. The van der Waals surface area contributed by atoms with E-state index in [1.165, 1.54) is 0 Å². The molecule has 1 aliphatic heterocycles. The molecule has 2 rings (SSSR count). The molecular weight excluding hydrogens is 271 g/mol. The summed E-state index contributed by atoms with van der Waals surface area (Å²) in [6, 6.07) is 6.12. The molecule has 0 aliphatic carbocycles. The molecule has 1 unspecified atom stereocenters. The van der Waals surface area contributed by atoms with Crippen molar-refractivity contribution in [2.75, 3.05) is 6.26 Å². The minimum absolute atomic E-state index is 0.340. The molecule has 0 amide bonds. The van der Waals surface area contributed by atoms with Gasteiger partial charge in [0, 0.05) is 22.8 Å². The van der Waals surface area contributed by atoms with E-state index in [1.807, 2.05) is 46.8 Å². The highest BCUT2D eigenvalue weighted by Crippen LogP contribution is 2.36. The van der Waals surface area contributed by atoms with Gasteiger partial charge >= 0.3 is 7.12 Å². The molecule has 1 fully saturated rings. The van der Waals surface area contributed by atoms with Crippen LogP contribution in [0.2, 0.25) is 0 Å². The summed E-state index contributed by atoms with van der Waals surface area (Å²) in [5.41, 5.74) is 2.54. The van der Waals surface area contributed by atoms with Crippen molar-refractivity contribution in [2.24, 2.45) is 0 Å². The highest BCUT2D eigenvalue weighted by Gasteiger charge is 2.52. The maximum absolute atomic E-state index is 11.4. The van der Waals surface area contributed by atoms with Gasteiger partial charge in [0.15, 0.2) is 0 Å². The summed E-state index contributed by atoms with van der Waals surface area (Å²) < 4.78 is 23.6. The van der Waals surface area contributed by atoms with Crippen LogP contribution in [0.1, 0.15) is 38.8 Å². The van der Waals surface area contributed by atoms with Gasteiger partial charge in [0.05, 0.1) is 11.2 Å². The molecule has 110 valence electrons. The lowest BCUT2D eigenvalue weighted by Gasteiger charge is -2.32. The SMILES string of the molecule is Cc1ccc(CS(C)=O)cc1B1OC(C)(C)C(C)(C)O1. The van der Waals surface area contributed by atoms with Gasteiger partial charge < -0.3 is 9.31 Å². The Labute approximate surface area is 124 Å². The lowest BCUT2D eigenvalue weighted by atomic mass is 9.75. The zero-order valence-corrected chi connectivity index (χ0v) is 14.0. The zero-order valence-electron chi connectivity index (χ0n) is 13.1. The van der Waals surface area contributed by atoms with Crippen LogP contribution in [0.15, 0.2) is 18.2 Å². The molecule has 3 nitrogen and oxygen atoms in total. The Kier molecular flexibility index (Phi) is 4.16. The highest BCUT2D eigenvalue weighted by molar-refractivity contribution is 7.83. The molecule has 0 bridgehead atoms. The second-order valence-corrected chi connectivity index (χ2v) is 7.93. The summed E-state index contributed by atoms with van der Waals surface area (Å²) in [5.74, 6) is 0.562. The molecule has 1 saturated heterocycles. The summed E-state index contributed by atoms with van der Waals surface area (Å²) in [5, 5.41) is 0. The van der Waals surface area contributed by atoms with Crippen LogP contribution in [0.5, 0.6) is 0 Å². The fraction of sp³-hybridized carbons (Fsp3) is 0.600. The minimum Gasteiger partial charge on any atom is -0.399 e. The van der Waals surface area contributed by atoms with Crippen LogP contribution in [-0.2, 0) is 25.9 Å². The summed E-state index contributed by atoms with van der Waals surface area (Å²) in [4.78, 5) is 0. The van der Waals surface area contributed by atoms with Gasteiger partial charge in [0.1, 0.15) is 0 Å². The summed E-state index contributed by atoms with van der Waals surface area (Å²) in [6.45, 7) is 10.2. The molecular formula is C15H23BO3S. The molecule has 0 aromatic heterocycles. The Morgan fingerprint density at radius 3 is 2.20 bits per heavy atom. The van der Waals surface area contributed by atoms with Gasteiger partial charge in [0.25, 0.3) is 0 Å². The summed E-state index contributed by atoms with van der Waals surface area (Å²) >= 11 is 0. The van der Waals surface area contributed by atoms with Gasteiger partial charge in [-0.3, -0.25) is 4.21 Å². The second-order valence-electron chi connectivity index (χ2n) is 6.50. The van der Waals surface area contributed by atoms with Crippen LogP contribution in [0.4, 0.5) is 0 Å². The topological polar surface area (TPSA) is 35.5 Å². The van der Waals surface area contributed by atoms with Crippen molar-refractivity contribution in [1.29, 1.82) is 0 Å². The number of hydrogen-bond donors (Lipinski definition) is 0. The van der Waals surface area contributed by atoms with Gasteiger partial charge in [-0.15, -0.1) is 0 Å². The first-order chi connectivity index (χ1) is 9.12. The van der Waals surface area contributed by atoms with E-state index >= 15 is 0 Å². The van der Waals surface area contributed by atoms with E-state index in [-0.39, 0.29) is 18.3 Å². The Balaban J connectivity index is 2.32. The Morgan fingerprint density at radius 1 is 1.15 bits per heavy atom. The van der Waals surface area contributed by atoms with Crippen LogP contribution in [0.3, 0.4) is 0 Å². The van der Waals surface area contributed by atoms with Crippen LogP contribution in [-0.4, -0.2) is 28.8 Å². The van der Waals surface area contributed by atoms with E-state index in [1.54, 1.807) is 6.26 Å². The Morgan fingerprint density at radius 2 is 1.70 bits per heavy atom. The van der Waals surface area contributed by atoms with Crippen molar-refractivity contribution < 1.29 is 13.5 Å². The molecule has 20 heavy (non-hydrogen) atoms. The van der Waals surface area contributed by atoms with Gasteiger partial charge in [0.2, 0.25) is 0 Å². The third-order valence-electron chi connectivity index (χ3n) is 4.22. The quantitative estimate of drug-likeness (QED) is 0.802. The van der Waals surface area contributed by atoms with Gasteiger partial charge in [-0.2, -0.15) is 0 Å². The third kappa shape index (κ3) is 3.00. The monoisotopic (exact) mass is 294 g/mol. The van der Waals surface area contributed by atoms with Crippen LogP contribution in [0.25, 0.3) is 0 Å². The van der Waals surface area contributed by atoms with Gasteiger partial charge in [-0.1, -0.05) is 23.8 Å². The van der Waals surface area contributed by atoms with E-state index in [9.17, 15) is 4.21 Å². The first-order valence-corrected chi connectivity index (χ1v) is 8.60. The standard InChI is InChI=1S/C15H23BO3S/c1-11-7-8-12(10-20(6)17)9-13(11)16-18-14(2,3)15(4,5)19-16/h7-9H,10H2,1-6H3. The van der Waals surface area contributed by atoms with E-state index in [2.05, 4.69) is 6.07 Å². The van der Waals surface area contributed by atoms with Crippen LogP contribution < -0.4 is 5.46 Å². The molecule has 0 saturated carbocycles. The van der Waals surface area contributed by atoms with Crippen molar-refractivity contribution in [3.05, 3.63) is 29.3 Å². The number of hydrogen-bond acceptors (Lipinski definition) is 3. The van der Waals surface area contributed by atoms with Crippen molar-refractivity contribution >= 4 is 23.4 Å². The number of rotatable bonds is 3. The normalized spacial score (nSPS) is 22.0. The van der Waals surface area contributed by atoms with Crippen LogP contribution in [0, 0.1) is 6.92 Å². The Hall–Kier alpha value is -0.645. The maximum atomic E-state index is 11.4. The van der Waals surface area contributed by atoms with Gasteiger partial charge in [-0.25, -0.2) is 0 Å². The molecule has 5 heteroatoms.